The van der Waals surface area contributed by atoms with E-state index < -0.39 is 5.82 Å². The maximum atomic E-state index is 14.3. The first-order chi connectivity index (χ1) is 14.4. The van der Waals surface area contributed by atoms with Crippen molar-refractivity contribution in [3.8, 4) is 6.07 Å². The smallest absolute Gasteiger partial charge is 0.256 e. The van der Waals surface area contributed by atoms with Crippen LogP contribution in [-0.2, 0) is 0 Å². The number of nitrogens with zero attached hydrogens (tertiary/aromatic N) is 5. The molecule has 152 valence electrons. The van der Waals surface area contributed by atoms with Gasteiger partial charge in [-0.1, -0.05) is 0 Å². The van der Waals surface area contributed by atoms with Gasteiger partial charge in [0.2, 0.25) is 0 Å². The van der Waals surface area contributed by atoms with Crippen molar-refractivity contribution in [3.05, 3.63) is 53.2 Å². The molecule has 1 aliphatic heterocycles. The van der Waals surface area contributed by atoms with Crippen LogP contribution in [0.2, 0.25) is 0 Å². The van der Waals surface area contributed by atoms with E-state index in [4.69, 9.17) is 5.26 Å². The van der Waals surface area contributed by atoms with Gasteiger partial charge in [0.15, 0.2) is 0 Å². The molecule has 30 heavy (non-hydrogen) atoms. The summed E-state index contributed by atoms with van der Waals surface area (Å²) in [6.45, 7) is 2.99. The molecule has 0 atom stereocenters. The molecule has 3 heterocycles. The zero-order valence-corrected chi connectivity index (χ0v) is 16.8. The van der Waals surface area contributed by atoms with Gasteiger partial charge in [-0.15, -0.1) is 0 Å². The first kappa shape index (κ1) is 18.6. The summed E-state index contributed by atoms with van der Waals surface area (Å²) in [6.07, 6.45) is 5.37. The molecule has 1 spiro atoms. The highest BCUT2D eigenvalue weighted by atomic mass is 19.1. The van der Waals surface area contributed by atoms with Crippen molar-refractivity contribution in [1.29, 1.82) is 5.26 Å². The number of H-pyrrole nitrogens is 1. The normalized spacial score (nSPS) is 17.5. The molecule has 1 saturated heterocycles. The molecule has 0 unspecified atom stereocenters. The van der Waals surface area contributed by atoms with Crippen molar-refractivity contribution in [3.63, 3.8) is 0 Å². The van der Waals surface area contributed by atoms with Gasteiger partial charge in [0.1, 0.15) is 23.6 Å². The summed E-state index contributed by atoms with van der Waals surface area (Å²) in [5.41, 5.74) is 1.85. The molecule has 1 amide bonds. The Morgan fingerprint density at radius 1 is 1.37 bits per heavy atom. The molecule has 7 nitrogen and oxygen atoms in total. The van der Waals surface area contributed by atoms with E-state index in [-0.39, 0.29) is 22.4 Å². The molecule has 2 fully saturated rings. The second kappa shape index (κ2) is 6.52. The van der Waals surface area contributed by atoms with Crippen molar-refractivity contribution in [2.45, 2.75) is 25.8 Å². The van der Waals surface area contributed by atoms with E-state index in [0.29, 0.717) is 24.7 Å². The number of hydrogen-bond acceptors (Lipinski definition) is 5. The van der Waals surface area contributed by atoms with Crippen LogP contribution in [0.4, 0.5) is 10.2 Å². The number of halogens is 1. The van der Waals surface area contributed by atoms with Crippen molar-refractivity contribution in [2.75, 3.05) is 25.0 Å². The predicted octanol–water partition coefficient (Wildman–Crippen LogP) is 3.02. The lowest BCUT2D eigenvalue weighted by molar-refractivity contribution is -0.0543. The van der Waals surface area contributed by atoms with Crippen LogP contribution < -0.4 is 4.90 Å². The Kier molecular flexibility index (Phi) is 4.03. The Bertz CT molecular complexity index is 1200. The van der Waals surface area contributed by atoms with E-state index in [9.17, 15) is 9.18 Å². The largest absolute Gasteiger partial charge is 0.356 e. The SMILES string of the molecule is Cc1cc(C(=O)N2CC3(CC(N(C)c4ncnc5[nH]ccc45)C3)C2)c(F)cc1C#N. The highest BCUT2D eigenvalue weighted by molar-refractivity contribution is 5.95. The monoisotopic (exact) mass is 404 g/mol. The predicted molar refractivity (Wildman–Crippen MR) is 110 cm³/mol. The van der Waals surface area contributed by atoms with Gasteiger partial charge in [0.05, 0.1) is 22.6 Å². The van der Waals surface area contributed by atoms with Crippen molar-refractivity contribution in [2.24, 2.45) is 5.41 Å². The molecule has 5 rings (SSSR count). The van der Waals surface area contributed by atoms with E-state index in [1.54, 1.807) is 18.2 Å². The lowest BCUT2D eigenvalue weighted by atomic mass is 9.60. The van der Waals surface area contributed by atoms with Crippen LogP contribution in [0, 0.1) is 29.5 Å². The Hall–Kier alpha value is -3.47. The van der Waals surface area contributed by atoms with Crippen LogP contribution in [0.25, 0.3) is 11.0 Å². The molecule has 1 saturated carbocycles. The van der Waals surface area contributed by atoms with E-state index in [1.807, 2.05) is 25.4 Å². The molecular weight excluding hydrogens is 383 g/mol. The molecule has 3 aromatic rings. The zero-order valence-electron chi connectivity index (χ0n) is 16.8. The van der Waals surface area contributed by atoms with E-state index >= 15 is 0 Å². The second-order valence-corrected chi connectivity index (χ2v) is 8.53. The third kappa shape index (κ3) is 2.73. The number of aromatic nitrogens is 3. The molecule has 2 aliphatic rings. The molecule has 0 bridgehead atoms. The number of aromatic amines is 1. The van der Waals surface area contributed by atoms with E-state index in [1.165, 1.54) is 6.07 Å². The number of aryl methyl sites for hydroxylation is 1. The Labute approximate surface area is 173 Å². The number of rotatable bonds is 3. The number of carbonyl (C=O) groups is 1. The zero-order chi connectivity index (χ0) is 21.0. The van der Waals surface area contributed by atoms with Crippen LogP contribution in [0.5, 0.6) is 0 Å². The topological polar surface area (TPSA) is 88.9 Å². The highest BCUT2D eigenvalue weighted by Crippen LogP contribution is 2.51. The minimum Gasteiger partial charge on any atom is -0.356 e. The summed E-state index contributed by atoms with van der Waals surface area (Å²) in [5.74, 6) is -0.0237. The first-order valence-electron chi connectivity index (χ1n) is 9.91. The number of nitriles is 1. The number of amides is 1. The molecule has 1 aromatic carbocycles. The fourth-order valence-corrected chi connectivity index (χ4v) is 4.83. The molecule has 0 radical (unpaired) electrons. The minimum absolute atomic E-state index is 0.0465. The summed E-state index contributed by atoms with van der Waals surface area (Å²) >= 11 is 0. The number of nitrogens with one attached hydrogen (secondary N) is 1. The van der Waals surface area contributed by atoms with Crippen molar-refractivity contribution < 1.29 is 9.18 Å². The van der Waals surface area contributed by atoms with Gasteiger partial charge in [-0.2, -0.15) is 5.26 Å². The fraction of sp³-hybridized carbons (Fsp3) is 0.364. The number of fused-ring (bicyclic) bond motifs is 1. The lowest BCUT2D eigenvalue weighted by Gasteiger charge is -2.60. The van der Waals surface area contributed by atoms with Crippen LogP contribution in [0.3, 0.4) is 0 Å². The first-order valence-corrected chi connectivity index (χ1v) is 9.91. The molecule has 1 N–H and O–H groups in total. The lowest BCUT2D eigenvalue weighted by Crippen LogP contribution is -2.67. The molecule has 1 aliphatic carbocycles. The number of benzene rings is 1. The minimum atomic E-state index is -0.631. The average Bonchev–Trinajstić information content (AvgIpc) is 3.15. The molecular formula is C22H21FN6O. The van der Waals surface area contributed by atoms with Crippen LogP contribution in [-0.4, -0.2) is 51.9 Å². The van der Waals surface area contributed by atoms with Gasteiger partial charge in [0.25, 0.3) is 5.91 Å². The standard InChI is InChI=1S/C22H21FN6O/c1-13-5-17(18(23)6-14(13)9-24)21(30)29-10-22(11-29)7-15(8-22)28(2)20-16-3-4-25-19(16)26-12-27-20/h3-6,12,15H,7-8,10-11H2,1-2H3,(H,25,26,27). The number of carbonyl (C=O) groups excluding carboxylic acids is 1. The number of hydrogen-bond donors (Lipinski definition) is 1. The summed E-state index contributed by atoms with van der Waals surface area (Å²) in [5, 5.41) is 10.0. The quantitative estimate of drug-likeness (QED) is 0.725. The third-order valence-corrected chi connectivity index (χ3v) is 6.56. The van der Waals surface area contributed by atoms with Gasteiger partial charge >= 0.3 is 0 Å². The Morgan fingerprint density at radius 3 is 2.87 bits per heavy atom. The average molecular weight is 404 g/mol. The summed E-state index contributed by atoms with van der Waals surface area (Å²) < 4.78 is 14.3. The maximum absolute atomic E-state index is 14.3. The molecule has 8 heteroatoms. The number of likely N-dealkylation sites (tertiary alicyclic amines) is 1. The molecule has 2 aromatic heterocycles. The van der Waals surface area contributed by atoms with Gasteiger partial charge in [0, 0.05) is 37.8 Å². The van der Waals surface area contributed by atoms with Crippen molar-refractivity contribution >= 4 is 22.8 Å². The van der Waals surface area contributed by atoms with E-state index in [0.717, 1.165) is 35.8 Å². The number of anilines is 1. The summed E-state index contributed by atoms with van der Waals surface area (Å²) in [6, 6.07) is 6.91. The van der Waals surface area contributed by atoms with Crippen molar-refractivity contribution in [1.82, 2.24) is 19.9 Å². The Morgan fingerprint density at radius 2 is 2.13 bits per heavy atom. The van der Waals surface area contributed by atoms with Gasteiger partial charge in [-0.3, -0.25) is 4.79 Å². The van der Waals surface area contributed by atoms with Crippen LogP contribution in [0.1, 0.15) is 34.3 Å². The Balaban J connectivity index is 1.24. The maximum Gasteiger partial charge on any atom is 0.256 e. The van der Waals surface area contributed by atoms with Crippen LogP contribution in [0.15, 0.2) is 30.7 Å². The second-order valence-electron chi connectivity index (χ2n) is 8.53. The van der Waals surface area contributed by atoms with Gasteiger partial charge < -0.3 is 14.8 Å². The van der Waals surface area contributed by atoms with Gasteiger partial charge in [-0.05, 0) is 43.5 Å². The van der Waals surface area contributed by atoms with E-state index in [2.05, 4.69) is 19.9 Å². The summed E-state index contributed by atoms with van der Waals surface area (Å²) in [7, 11) is 2.04. The third-order valence-electron chi connectivity index (χ3n) is 6.56. The van der Waals surface area contributed by atoms with Crippen LogP contribution >= 0.6 is 0 Å². The fourth-order valence-electron chi connectivity index (χ4n) is 4.83. The summed E-state index contributed by atoms with van der Waals surface area (Å²) in [4.78, 5) is 28.4. The highest BCUT2D eigenvalue weighted by Gasteiger charge is 2.55. The van der Waals surface area contributed by atoms with Gasteiger partial charge in [-0.25, -0.2) is 14.4 Å².